The first-order chi connectivity index (χ1) is 11.6. The second-order valence-corrected chi connectivity index (χ2v) is 6.43. The topological polar surface area (TPSA) is 71.5 Å². The molecule has 0 aliphatic carbocycles. The lowest BCUT2D eigenvalue weighted by atomic mass is 10.0. The number of aromatic amines is 1. The summed E-state index contributed by atoms with van der Waals surface area (Å²) < 4.78 is 13.2. The fourth-order valence-electron chi connectivity index (χ4n) is 2.64. The highest BCUT2D eigenvalue weighted by molar-refractivity contribution is 7.19. The molecule has 7 heteroatoms. The molecular weight excluding hydrogens is 327 g/mol. The van der Waals surface area contributed by atoms with E-state index in [1.54, 1.807) is 24.4 Å². The molecule has 0 aliphatic rings. The van der Waals surface area contributed by atoms with Gasteiger partial charge in [0, 0.05) is 16.6 Å². The third kappa shape index (κ3) is 2.39. The number of fused-ring (bicyclic) bond motifs is 1. The van der Waals surface area contributed by atoms with Crippen molar-refractivity contribution in [3.8, 4) is 22.6 Å². The summed E-state index contributed by atoms with van der Waals surface area (Å²) in [6, 6.07) is 7.79. The summed E-state index contributed by atoms with van der Waals surface area (Å²) in [4.78, 5) is 29.5. The van der Waals surface area contributed by atoms with Crippen LogP contribution in [0.1, 0.15) is 4.88 Å². The average molecular weight is 338 g/mol. The number of rotatable bonds is 2. The molecule has 118 valence electrons. The zero-order valence-corrected chi connectivity index (χ0v) is 13.4. The molecule has 0 saturated carbocycles. The van der Waals surface area contributed by atoms with Crippen LogP contribution in [0, 0.1) is 12.7 Å². The van der Waals surface area contributed by atoms with E-state index < -0.39 is 0 Å². The number of nitrogens with one attached hydrogen (secondary N) is 1. The normalized spacial score (nSPS) is 11.1. The molecular formula is C17H11FN4OS. The Morgan fingerprint density at radius 1 is 1.17 bits per heavy atom. The van der Waals surface area contributed by atoms with Gasteiger partial charge in [0.2, 0.25) is 0 Å². The molecule has 0 aliphatic heterocycles. The number of hydrogen-bond acceptors (Lipinski definition) is 5. The molecule has 0 saturated heterocycles. The van der Waals surface area contributed by atoms with Crippen LogP contribution in [0.4, 0.5) is 4.39 Å². The van der Waals surface area contributed by atoms with E-state index in [0.717, 1.165) is 16.0 Å². The van der Waals surface area contributed by atoms with E-state index >= 15 is 0 Å². The molecule has 1 aromatic carbocycles. The summed E-state index contributed by atoms with van der Waals surface area (Å²) in [7, 11) is 0. The van der Waals surface area contributed by atoms with Crippen molar-refractivity contribution in [2.45, 2.75) is 6.92 Å². The average Bonchev–Trinajstić information content (AvgIpc) is 2.93. The summed E-state index contributed by atoms with van der Waals surface area (Å²) in [5.74, 6) is 0.0934. The number of nitrogens with zero attached hydrogens (tertiary/aromatic N) is 3. The number of aromatic nitrogens is 4. The maximum atomic E-state index is 13.2. The van der Waals surface area contributed by atoms with Gasteiger partial charge in [-0.1, -0.05) is 12.1 Å². The summed E-state index contributed by atoms with van der Waals surface area (Å²) in [6.45, 7) is 1.93. The molecule has 0 amide bonds. The van der Waals surface area contributed by atoms with Gasteiger partial charge in [-0.05, 0) is 30.7 Å². The van der Waals surface area contributed by atoms with Crippen molar-refractivity contribution in [3.63, 3.8) is 0 Å². The van der Waals surface area contributed by atoms with Gasteiger partial charge >= 0.3 is 0 Å². The van der Waals surface area contributed by atoms with Crippen LogP contribution in [-0.4, -0.2) is 19.9 Å². The molecule has 5 nitrogen and oxygen atoms in total. The van der Waals surface area contributed by atoms with Gasteiger partial charge in [0.1, 0.15) is 22.7 Å². The molecule has 4 aromatic rings. The van der Waals surface area contributed by atoms with Gasteiger partial charge in [0.25, 0.3) is 5.56 Å². The van der Waals surface area contributed by atoms with Crippen LogP contribution in [-0.2, 0) is 0 Å². The summed E-state index contributed by atoms with van der Waals surface area (Å²) in [6.07, 6.45) is 3.00. The van der Waals surface area contributed by atoms with Gasteiger partial charge in [0.15, 0.2) is 5.82 Å². The molecule has 0 bridgehead atoms. The molecule has 3 aromatic heterocycles. The Bertz CT molecular complexity index is 1090. The Hall–Kier alpha value is -2.93. The van der Waals surface area contributed by atoms with Crippen molar-refractivity contribution in [1.82, 2.24) is 19.9 Å². The van der Waals surface area contributed by atoms with E-state index in [4.69, 9.17) is 0 Å². The minimum atomic E-state index is -0.311. The Morgan fingerprint density at radius 2 is 1.96 bits per heavy atom. The van der Waals surface area contributed by atoms with Crippen molar-refractivity contribution in [3.05, 3.63) is 63.9 Å². The van der Waals surface area contributed by atoms with E-state index in [-0.39, 0.29) is 11.4 Å². The van der Waals surface area contributed by atoms with Crippen LogP contribution in [0.3, 0.4) is 0 Å². The zero-order valence-electron chi connectivity index (χ0n) is 12.6. The number of H-pyrrole nitrogens is 1. The quantitative estimate of drug-likeness (QED) is 0.607. The van der Waals surface area contributed by atoms with E-state index in [9.17, 15) is 9.18 Å². The smallest absolute Gasteiger partial charge is 0.260 e. The lowest BCUT2D eigenvalue weighted by Gasteiger charge is -2.03. The predicted octanol–water partition coefficient (Wildman–Crippen LogP) is 3.56. The molecule has 0 fully saturated rings. The summed E-state index contributed by atoms with van der Waals surface area (Å²) in [5.41, 5.74) is 1.90. The second kappa shape index (κ2) is 5.61. The van der Waals surface area contributed by atoms with Crippen LogP contribution in [0.25, 0.3) is 32.9 Å². The zero-order chi connectivity index (χ0) is 16.7. The molecule has 0 spiro atoms. The number of benzene rings is 1. The Morgan fingerprint density at radius 3 is 2.67 bits per heavy atom. The minimum absolute atomic E-state index is 0.239. The fraction of sp³-hybridized carbons (Fsp3) is 0.0588. The minimum Gasteiger partial charge on any atom is -0.305 e. The highest BCUT2D eigenvalue weighted by Crippen LogP contribution is 2.35. The summed E-state index contributed by atoms with van der Waals surface area (Å²) >= 11 is 1.43. The lowest BCUT2D eigenvalue weighted by molar-refractivity contribution is 0.628. The van der Waals surface area contributed by atoms with Crippen molar-refractivity contribution < 1.29 is 4.39 Å². The van der Waals surface area contributed by atoms with Crippen LogP contribution in [0.15, 0.2) is 47.7 Å². The third-order valence-corrected chi connectivity index (χ3v) is 4.69. The van der Waals surface area contributed by atoms with Crippen molar-refractivity contribution in [1.29, 1.82) is 0 Å². The lowest BCUT2D eigenvalue weighted by Crippen LogP contribution is -2.09. The third-order valence-electron chi connectivity index (χ3n) is 3.70. The fourth-order valence-corrected chi connectivity index (χ4v) is 3.68. The molecule has 4 rings (SSSR count). The van der Waals surface area contributed by atoms with Crippen LogP contribution < -0.4 is 5.56 Å². The van der Waals surface area contributed by atoms with Gasteiger partial charge < -0.3 is 4.98 Å². The number of hydrogen-bond donors (Lipinski definition) is 1. The predicted molar refractivity (Wildman–Crippen MR) is 91.4 cm³/mol. The van der Waals surface area contributed by atoms with Gasteiger partial charge in [-0.3, -0.25) is 4.79 Å². The van der Waals surface area contributed by atoms with Crippen LogP contribution in [0.2, 0.25) is 0 Å². The standard InChI is InChI=1S/C17H11FN4OS/c1-9-13(10-2-4-11(18)5-3-10)14-16(23)21-15(22-17(14)24-9)12-6-7-19-8-20-12/h2-8H,1H3,(H,21,22,23). The molecule has 0 radical (unpaired) electrons. The molecule has 0 atom stereocenters. The van der Waals surface area contributed by atoms with E-state index in [0.29, 0.717) is 21.7 Å². The summed E-state index contributed by atoms with van der Waals surface area (Å²) in [5, 5.41) is 0.516. The van der Waals surface area contributed by atoms with Crippen LogP contribution in [0.5, 0.6) is 0 Å². The SMILES string of the molecule is Cc1sc2nc(-c3ccncn3)[nH]c(=O)c2c1-c1ccc(F)cc1. The number of aryl methyl sites for hydroxylation is 1. The monoisotopic (exact) mass is 338 g/mol. The number of thiophene rings is 1. The van der Waals surface area contributed by atoms with Crippen LogP contribution >= 0.6 is 11.3 Å². The Kier molecular flexibility index (Phi) is 3.42. The van der Waals surface area contributed by atoms with E-state index in [1.807, 2.05) is 6.92 Å². The maximum absolute atomic E-state index is 13.2. The second-order valence-electron chi connectivity index (χ2n) is 5.23. The van der Waals surface area contributed by atoms with E-state index in [1.165, 1.54) is 29.8 Å². The number of halogens is 1. The first kappa shape index (κ1) is 14.6. The van der Waals surface area contributed by atoms with Gasteiger partial charge in [0.05, 0.1) is 5.39 Å². The van der Waals surface area contributed by atoms with Gasteiger partial charge in [-0.25, -0.2) is 19.3 Å². The highest BCUT2D eigenvalue weighted by atomic mass is 32.1. The molecule has 3 heterocycles. The van der Waals surface area contributed by atoms with Gasteiger partial charge in [-0.15, -0.1) is 11.3 Å². The maximum Gasteiger partial charge on any atom is 0.260 e. The van der Waals surface area contributed by atoms with Crippen molar-refractivity contribution in [2.75, 3.05) is 0 Å². The largest absolute Gasteiger partial charge is 0.305 e. The van der Waals surface area contributed by atoms with E-state index in [2.05, 4.69) is 19.9 Å². The molecule has 24 heavy (non-hydrogen) atoms. The van der Waals surface area contributed by atoms with Crippen molar-refractivity contribution in [2.24, 2.45) is 0 Å². The Balaban J connectivity index is 1.97. The van der Waals surface area contributed by atoms with Gasteiger partial charge in [-0.2, -0.15) is 0 Å². The highest BCUT2D eigenvalue weighted by Gasteiger charge is 2.17. The molecule has 0 unspecified atom stereocenters. The van der Waals surface area contributed by atoms with Crippen molar-refractivity contribution >= 4 is 21.6 Å². The molecule has 1 N–H and O–H groups in total. The first-order valence-corrected chi connectivity index (χ1v) is 8.01. The first-order valence-electron chi connectivity index (χ1n) is 7.19. The Labute approximate surface area is 139 Å².